The van der Waals surface area contributed by atoms with E-state index in [1.807, 2.05) is 40.8 Å². The number of thioether (sulfide) groups is 1. The molecule has 2 aromatic rings. The molecule has 26 heavy (non-hydrogen) atoms. The summed E-state index contributed by atoms with van der Waals surface area (Å²) in [5.41, 5.74) is 0.973. The van der Waals surface area contributed by atoms with Gasteiger partial charge in [-0.2, -0.15) is 0 Å². The van der Waals surface area contributed by atoms with Gasteiger partial charge in [0.05, 0.1) is 5.75 Å². The summed E-state index contributed by atoms with van der Waals surface area (Å²) in [4.78, 5) is 14.5. The Morgan fingerprint density at radius 2 is 1.92 bits per heavy atom. The van der Waals surface area contributed by atoms with Crippen LogP contribution in [0.25, 0.3) is 11.4 Å². The van der Waals surface area contributed by atoms with Gasteiger partial charge in [-0.15, -0.1) is 10.2 Å². The summed E-state index contributed by atoms with van der Waals surface area (Å²) in [6, 6.07) is 7.97. The minimum atomic E-state index is 0.167. The van der Waals surface area contributed by atoms with Crippen LogP contribution in [0, 0.1) is 0 Å². The topological polar surface area (TPSA) is 51.0 Å². The van der Waals surface area contributed by atoms with E-state index in [2.05, 4.69) is 17.1 Å². The Labute approximate surface area is 164 Å². The monoisotopic (exact) mass is 392 g/mol. The smallest absolute Gasteiger partial charge is 0.233 e. The zero-order valence-corrected chi connectivity index (χ0v) is 16.9. The molecule has 1 aliphatic rings. The number of hydrogen-bond donors (Lipinski definition) is 0. The van der Waals surface area contributed by atoms with Crippen molar-refractivity contribution in [1.29, 1.82) is 0 Å². The Hall–Kier alpha value is -1.53. The van der Waals surface area contributed by atoms with Crippen molar-refractivity contribution in [2.75, 3.05) is 12.8 Å². The summed E-state index contributed by atoms with van der Waals surface area (Å²) in [5, 5.41) is 10.1. The van der Waals surface area contributed by atoms with Crippen LogP contribution in [0.2, 0.25) is 5.02 Å². The Morgan fingerprint density at radius 1 is 1.23 bits per heavy atom. The van der Waals surface area contributed by atoms with Crippen LogP contribution in [0.3, 0.4) is 0 Å². The predicted octanol–water partition coefficient (Wildman–Crippen LogP) is 4.50. The lowest BCUT2D eigenvalue weighted by Gasteiger charge is -2.31. The van der Waals surface area contributed by atoms with E-state index in [1.54, 1.807) is 0 Å². The van der Waals surface area contributed by atoms with E-state index >= 15 is 0 Å². The Bertz CT molecular complexity index is 740. The lowest BCUT2D eigenvalue weighted by Crippen LogP contribution is -2.39. The molecule has 5 nitrogen and oxygen atoms in total. The molecule has 0 unspecified atom stereocenters. The molecule has 0 aliphatic heterocycles. The quantitative estimate of drug-likeness (QED) is 0.679. The number of aromatic nitrogens is 3. The van der Waals surface area contributed by atoms with E-state index in [4.69, 9.17) is 11.6 Å². The first-order valence-electron chi connectivity index (χ1n) is 9.17. The van der Waals surface area contributed by atoms with Crippen molar-refractivity contribution < 1.29 is 4.79 Å². The molecule has 1 heterocycles. The molecule has 0 saturated heterocycles. The fourth-order valence-corrected chi connectivity index (χ4v) is 4.45. The maximum Gasteiger partial charge on any atom is 0.233 e. The molecule has 1 aliphatic carbocycles. The highest BCUT2D eigenvalue weighted by Crippen LogP contribution is 2.26. The Kier molecular flexibility index (Phi) is 6.59. The summed E-state index contributed by atoms with van der Waals surface area (Å²) in [6.07, 6.45) is 5.99. The summed E-state index contributed by atoms with van der Waals surface area (Å²) >= 11 is 7.43. The second-order valence-corrected chi connectivity index (χ2v) is 8.02. The minimum absolute atomic E-state index is 0.167. The molecule has 3 rings (SSSR count). The van der Waals surface area contributed by atoms with Crippen LogP contribution < -0.4 is 0 Å². The summed E-state index contributed by atoms with van der Waals surface area (Å²) in [5.74, 6) is 1.37. The van der Waals surface area contributed by atoms with E-state index < -0.39 is 0 Å². The van der Waals surface area contributed by atoms with Crippen LogP contribution in [0.15, 0.2) is 29.4 Å². The molecule has 1 saturated carbocycles. The first-order valence-corrected chi connectivity index (χ1v) is 10.5. The fraction of sp³-hybridized carbons (Fsp3) is 0.526. The molecule has 1 aromatic heterocycles. The van der Waals surface area contributed by atoms with Gasteiger partial charge in [-0.25, -0.2) is 0 Å². The molecule has 0 spiro atoms. The van der Waals surface area contributed by atoms with Gasteiger partial charge >= 0.3 is 0 Å². The first kappa shape index (κ1) is 19.2. The summed E-state index contributed by atoms with van der Waals surface area (Å²) < 4.78 is 2.04. The van der Waals surface area contributed by atoms with E-state index in [0.29, 0.717) is 16.8 Å². The molecule has 1 fully saturated rings. The highest BCUT2D eigenvalue weighted by Gasteiger charge is 2.23. The highest BCUT2D eigenvalue weighted by atomic mass is 35.5. The third-order valence-electron chi connectivity index (χ3n) is 4.98. The number of rotatable bonds is 6. The van der Waals surface area contributed by atoms with Crippen LogP contribution in [0.1, 0.15) is 39.0 Å². The molecule has 1 aromatic carbocycles. The van der Waals surface area contributed by atoms with Gasteiger partial charge in [0.25, 0.3) is 0 Å². The van der Waals surface area contributed by atoms with Gasteiger partial charge < -0.3 is 9.47 Å². The molecular weight excluding hydrogens is 368 g/mol. The Balaban J connectivity index is 1.66. The van der Waals surface area contributed by atoms with Gasteiger partial charge in [0.15, 0.2) is 11.0 Å². The standard InChI is InChI=1S/C19H25ClN4OS/c1-3-24-18(14-9-11-15(20)12-10-14)21-22-19(24)26-13-17(25)23(2)16-7-5-4-6-8-16/h9-12,16H,3-8,13H2,1-2H3. The van der Waals surface area contributed by atoms with E-state index in [-0.39, 0.29) is 5.91 Å². The van der Waals surface area contributed by atoms with Gasteiger partial charge in [-0.05, 0) is 44.0 Å². The van der Waals surface area contributed by atoms with Crippen molar-refractivity contribution in [3.63, 3.8) is 0 Å². The van der Waals surface area contributed by atoms with Crippen molar-refractivity contribution in [2.45, 2.75) is 56.8 Å². The van der Waals surface area contributed by atoms with E-state index in [1.165, 1.54) is 31.0 Å². The van der Waals surface area contributed by atoms with Crippen LogP contribution in [0.4, 0.5) is 0 Å². The average molecular weight is 393 g/mol. The molecule has 0 N–H and O–H groups in total. The fourth-order valence-electron chi connectivity index (χ4n) is 3.39. The maximum absolute atomic E-state index is 12.6. The van der Waals surface area contributed by atoms with E-state index in [9.17, 15) is 4.79 Å². The van der Waals surface area contributed by atoms with Crippen molar-refractivity contribution in [3.8, 4) is 11.4 Å². The lowest BCUT2D eigenvalue weighted by molar-refractivity contribution is -0.129. The first-order chi connectivity index (χ1) is 12.6. The molecule has 0 atom stereocenters. The second kappa shape index (κ2) is 8.91. The normalized spacial score (nSPS) is 15.2. The Morgan fingerprint density at radius 3 is 2.58 bits per heavy atom. The van der Waals surface area contributed by atoms with Crippen molar-refractivity contribution in [1.82, 2.24) is 19.7 Å². The van der Waals surface area contributed by atoms with Crippen LogP contribution in [-0.2, 0) is 11.3 Å². The summed E-state index contributed by atoms with van der Waals surface area (Å²) in [7, 11) is 1.93. The SMILES string of the molecule is CCn1c(SCC(=O)N(C)C2CCCCC2)nnc1-c1ccc(Cl)cc1. The minimum Gasteiger partial charge on any atom is -0.342 e. The summed E-state index contributed by atoms with van der Waals surface area (Å²) in [6.45, 7) is 2.81. The van der Waals surface area contributed by atoms with E-state index in [0.717, 1.165) is 35.9 Å². The highest BCUT2D eigenvalue weighted by molar-refractivity contribution is 7.99. The predicted molar refractivity (Wildman–Crippen MR) is 107 cm³/mol. The molecular formula is C19H25ClN4OS. The zero-order valence-electron chi connectivity index (χ0n) is 15.3. The van der Waals surface area contributed by atoms with Crippen LogP contribution in [-0.4, -0.2) is 44.4 Å². The molecule has 0 radical (unpaired) electrons. The largest absolute Gasteiger partial charge is 0.342 e. The van der Waals surface area contributed by atoms with Crippen molar-refractivity contribution >= 4 is 29.3 Å². The molecule has 7 heteroatoms. The lowest BCUT2D eigenvalue weighted by atomic mass is 9.94. The van der Waals surface area contributed by atoms with Crippen LogP contribution >= 0.6 is 23.4 Å². The third-order valence-corrected chi connectivity index (χ3v) is 6.18. The number of carbonyl (C=O) groups excluding carboxylic acids is 1. The van der Waals surface area contributed by atoms with Crippen molar-refractivity contribution in [3.05, 3.63) is 29.3 Å². The number of hydrogen-bond acceptors (Lipinski definition) is 4. The van der Waals surface area contributed by atoms with Gasteiger partial charge in [-0.3, -0.25) is 4.79 Å². The van der Waals surface area contributed by atoms with Gasteiger partial charge in [0.1, 0.15) is 0 Å². The van der Waals surface area contributed by atoms with Gasteiger partial charge in [0, 0.05) is 30.2 Å². The number of amides is 1. The van der Waals surface area contributed by atoms with Gasteiger partial charge in [-0.1, -0.05) is 42.6 Å². The average Bonchev–Trinajstić information content (AvgIpc) is 3.09. The number of carbonyl (C=O) groups is 1. The molecule has 140 valence electrons. The second-order valence-electron chi connectivity index (χ2n) is 6.64. The number of benzene rings is 1. The van der Waals surface area contributed by atoms with Crippen LogP contribution in [0.5, 0.6) is 0 Å². The number of halogens is 1. The van der Waals surface area contributed by atoms with Gasteiger partial charge in [0.2, 0.25) is 5.91 Å². The zero-order chi connectivity index (χ0) is 18.5. The van der Waals surface area contributed by atoms with Crippen molar-refractivity contribution in [2.24, 2.45) is 0 Å². The third kappa shape index (κ3) is 4.41. The number of nitrogens with zero attached hydrogens (tertiary/aromatic N) is 4. The maximum atomic E-state index is 12.6. The molecule has 1 amide bonds. The molecule has 0 bridgehead atoms.